The lowest BCUT2D eigenvalue weighted by molar-refractivity contribution is 0.110. The normalized spacial score (nSPS) is 10.7. The molecule has 3 heterocycles. The first-order chi connectivity index (χ1) is 12.3. The van der Waals surface area contributed by atoms with Crippen molar-refractivity contribution in [1.82, 2.24) is 9.97 Å². The second-order valence-corrected chi connectivity index (χ2v) is 5.43. The van der Waals surface area contributed by atoms with Crippen LogP contribution in [0.5, 0.6) is 0 Å². The minimum Gasteiger partial charge on any atom is -0.453 e. The molecule has 2 N–H and O–H groups in total. The molecular weight excluding hydrogens is 318 g/mol. The zero-order valence-corrected chi connectivity index (χ0v) is 13.0. The van der Waals surface area contributed by atoms with E-state index in [1.165, 1.54) is 0 Å². The van der Waals surface area contributed by atoms with E-state index in [4.69, 9.17) is 4.42 Å². The van der Waals surface area contributed by atoms with Crippen LogP contribution in [0.1, 0.15) is 10.6 Å². The van der Waals surface area contributed by atoms with E-state index in [1.807, 2.05) is 30.3 Å². The number of nitrogens with one attached hydrogen (secondary N) is 2. The van der Waals surface area contributed by atoms with Gasteiger partial charge in [0.1, 0.15) is 11.6 Å². The van der Waals surface area contributed by atoms with Gasteiger partial charge in [-0.25, -0.2) is 4.98 Å². The van der Waals surface area contributed by atoms with Crippen LogP contribution in [0.3, 0.4) is 0 Å². The molecule has 0 aliphatic rings. The Hall–Kier alpha value is -3.67. The first kappa shape index (κ1) is 14.9. The van der Waals surface area contributed by atoms with E-state index in [0.29, 0.717) is 34.2 Å². The van der Waals surface area contributed by atoms with Gasteiger partial charge in [0, 0.05) is 29.0 Å². The van der Waals surface area contributed by atoms with Gasteiger partial charge < -0.3 is 14.7 Å². The van der Waals surface area contributed by atoms with Crippen molar-refractivity contribution < 1.29 is 9.21 Å². The molecular formula is C19H13N3O3. The zero-order valence-electron chi connectivity index (χ0n) is 13.0. The first-order valence-corrected chi connectivity index (χ1v) is 7.64. The van der Waals surface area contributed by atoms with Crippen LogP contribution >= 0.6 is 0 Å². The molecule has 1 aromatic carbocycles. The van der Waals surface area contributed by atoms with Gasteiger partial charge in [-0.1, -0.05) is 18.2 Å². The highest BCUT2D eigenvalue weighted by Gasteiger charge is 2.15. The molecule has 0 radical (unpaired) electrons. The van der Waals surface area contributed by atoms with Crippen molar-refractivity contribution in [3.05, 3.63) is 77.0 Å². The summed E-state index contributed by atoms with van der Waals surface area (Å²) in [7, 11) is 0. The lowest BCUT2D eigenvalue weighted by Crippen LogP contribution is -2.09. The Balaban J connectivity index is 1.91. The molecule has 0 spiro atoms. The zero-order chi connectivity index (χ0) is 17.2. The van der Waals surface area contributed by atoms with Crippen LogP contribution in [-0.4, -0.2) is 16.3 Å². The molecule has 0 bridgehead atoms. The minimum atomic E-state index is -0.257. The average Bonchev–Trinajstić information content (AvgIpc) is 3.12. The monoisotopic (exact) mass is 331 g/mol. The maximum absolute atomic E-state index is 12.4. The van der Waals surface area contributed by atoms with Gasteiger partial charge >= 0.3 is 0 Å². The fourth-order valence-electron chi connectivity index (χ4n) is 2.71. The standard InChI is InChI=1S/C19H13N3O3/c23-11-13-6-7-16(25-13)15-10-21-18(22-12-4-2-1-3-5-12)17-14(15)8-9-20-19(17)24/h1-11H,(H,20,24)(H,21,22). The van der Waals surface area contributed by atoms with Crippen molar-refractivity contribution in [3.63, 3.8) is 0 Å². The molecule has 6 nitrogen and oxygen atoms in total. The largest absolute Gasteiger partial charge is 0.453 e. The van der Waals surface area contributed by atoms with E-state index in [0.717, 1.165) is 5.69 Å². The fourth-order valence-corrected chi connectivity index (χ4v) is 2.71. The van der Waals surface area contributed by atoms with Crippen LogP contribution in [-0.2, 0) is 0 Å². The van der Waals surface area contributed by atoms with Crippen molar-refractivity contribution in [2.24, 2.45) is 0 Å². The van der Waals surface area contributed by atoms with E-state index < -0.39 is 0 Å². The Labute approximate surface area is 142 Å². The number of aldehydes is 1. The summed E-state index contributed by atoms with van der Waals surface area (Å²) < 4.78 is 5.48. The third-order valence-electron chi connectivity index (χ3n) is 3.86. The maximum atomic E-state index is 12.4. The van der Waals surface area contributed by atoms with Gasteiger partial charge in [-0.05, 0) is 30.3 Å². The SMILES string of the molecule is O=Cc1ccc(-c2cnc(Nc3ccccc3)c3c(=O)[nH]ccc23)o1. The van der Waals surface area contributed by atoms with Gasteiger partial charge in [0.25, 0.3) is 5.56 Å². The van der Waals surface area contributed by atoms with Gasteiger partial charge in [-0.2, -0.15) is 0 Å². The Kier molecular flexibility index (Phi) is 3.63. The van der Waals surface area contributed by atoms with Crippen LogP contribution in [0.15, 0.2) is 70.1 Å². The lowest BCUT2D eigenvalue weighted by atomic mass is 10.1. The van der Waals surface area contributed by atoms with Crippen LogP contribution in [0.4, 0.5) is 11.5 Å². The Morgan fingerprint density at radius 2 is 1.92 bits per heavy atom. The van der Waals surface area contributed by atoms with Gasteiger partial charge in [-0.15, -0.1) is 0 Å². The summed E-state index contributed by atoms with van der Waals surface area (Å²) in [6.45, 7) is 0. The number of aromatic amines is 1. The highest BCUT2D eigenvalue weighted by Crippen LogP contribution is 2.31. The number of para-hydroxylation sites is 1. The minimum absolute atomic E-state index is 0.222. The second-order valence-electron chi connectivity index (χ2n) is 5.43. The molecule has 4 aromatic rings. The van der Waals surface area contributed by atoms with Crippen molar-refractivity contribution in [2.75, 3.05) is 5.32 Å². The van der Waals surface area contributed by atoms with Crippen molar-refractivity contribution in [3.8, 4) is 11.3 Å². The molecule has 0 atom stereocenters. The van der Waals surface area contributed by atoms with Crippen LogP contribution < -0.4 is 10.9 Å². The summed E-state index contributed by atoms with van der Waals surface area (Å²) in [4.78, 5) is 30.3. The van der Waals surface area contributed by atoms with Gasteiger partial charge in [-0.3, -0.25) is 9.59 Å². The molecule has 122 valence electrons. The number of nitrogens with zero attached hydrogens (tertiary/aromatic N) is 1. The summed E-state index contributed by atoms with van der Waals surface area (Å²) in [5, 5.41) is 4.27. The Morgan fingerprint density at radius 1 is 1.08 bits per heavy atom. The average molecular weight is 331 g/mol. The molecule has 0 amide bonds. The summed E-state index contributed by atoms with van der Waals surface area (Å²) in [5.41, 5.74) is 1.22. The quantitative estimate of drug-likeness (QED) is 0.556. The van der Waals surface area contributed by atoms with Crippen molar-refractivity contribution in [2.45, 2.75) is 0 Å². The molecule has 0 aliphatic heterocycles. The highest BCUT2D eigenvalue weighted by molar-refractivity contribution is 6.01. The number of rotatable bonds is 4. The number of fused-ring (bicyclic) bond motifs is 1. The smallest absolute Gasteiger partial charge is 0.259 e. The molecule has 0 aliphatic carbocycles. The summed E-state index contributed by atoms with van der Waals surface area (Å²) in [6.07, 6.45) is 3.84. The topological polar surface area (TPSA) is 88.0 Å². The number of carbonyl (C=O) groups excluding carboxylic acids is 1. The lowest BCUT2D eigenvalue weighted by Gasteiger charge is -2.10. The number of carbonyl (C=O) groups is 1. The summed E-state index contributed by atoms with van der Waals surface area (Å²) in [6, 6.07) is 14.5. The van der Waals surface area contributed by atoms with Crippen LogP contribution in [0.2, 0.25) is 0 Å². The van der Waals surface area contributed by atoms with E-state index in [2.05, 4.69) is 15.3 Å². The molecule has 3 aromatic heterocycles. The molecule has 0 saturated carbocycles. The number of furan rings is 1. The van der Waals surface area contributed by atoms with Gasteiger partial charge in [0.2, 0.25) is 0 Å². The van der Waals surface area contributed by atoms with E-state index in [9.17, 15) is 9.59 Å². The van der Waals surface area contributed by atoms with Crippen molar-refractivity contribution in [1.29, 1.82) is 0 Å². The molecule has 0 fully saturated rings. The second kappa shape index (κ2) is 6.09. The molecule has 6 heteroatoms. The highest BCUT2D eigenvalue weighted by atomic mass is 16.3. The fraction of sp³-hybridized carbons (Fsp3) is 0. The van der Waals surface area contributed by atoms with Crippen LogP contribution in [0, 0.1) is 0 Å². The number of hydrogen-bond donors (Lipinski definition) is 2. The number of anilines is 2. The number of benzene rings is 1. The number of H-pyrrole nitrogens is 1. The summed E-state index contributed by atoms with van der Waals surface area (Å²) in [5.74, 6) is 1.16. The maximum Gasteiger partial charge on any atom is 0.259 e. The van der Waals surface area contributed by atoms with Gasteiger partial charge in [0.15, 0.2) is 12.0 Å². The molecule has 0 saturated heterocycles. The first-order valence-electron chi connectivity index (χ1n) is 7.64. The van der Waals surface area contributed by atoms with Crippen molar-refractivity contribution >= 4 is 28.6 Å². The predicted octanol–water partition coefficient (Wildman–Crippen LogP) is 3.74. The number of aromatic nitrogens is 2. The predicted molar refractivity (Wildman–Crippen MR) is 95.2 cm³/mol. The number of pyridine rings is 2. The van der Waals surface area contributed by atoms with E-state index >= 15 is 0 Å². The molecule has 0 unspecified atom stereocenters. The van der Waals surface area contributed by atoms with E-state index in [-0.39, 0.29) is 11.3 Å². The molecule has 4 rings (SSSR count). The molecule has 25 heavy (non-hydrogen) atoms. The summed E-state index contributed by atoms with van der Waals surface area (Å²) >= 11 is 0. The van der Waals surface area contributed by atoms with Crippen LogP contribution in [0.25, 0.3) is 22.1 Å². The van der Waals surface area contributed by atoms with Gasteiger partial charge in [0.05, 0.1) is 5.39 Å². The Bertz CT molecular complexity index is 1110. The Morgan fingerprint density at radius 3 is 2.68 bits per heavy atom. The number of hydrogen-bond acceptors (Lipinski definition) is 5. The van der Waals surface area contributed by atoms with E-state index in [1.54, 1.807) is 30.6 Å². The third-order valence-corrected chi connectivity index (χ3v) is 3.86. The third kappa shape index (κ3) is 2.70.